The SMILES string of the molecule is CCc1noc(CC)c1CNC(=NC)NCc1sccc1C. The van der Waals surface area contributed by atoms with Crippen LogP contribution in [0.25, 0.3) is 0 Å². The highest BCUT2D eigenvalue weighted by Gasteiger charge is 2.13. The average Bonchev–Trinajstić information content (AvgIpc) is 3.13. The van der Waals surface area contributed by atoms with E-state index in [0.29, 0.717) is 6.54 Å². The molecule has 0 unspecified atom stereocenters. The van der Waals surface area contributed by atoms with E-state index in [0.717, 1.165) is 42.4 Å². The smallest absolute Gasteiger partial charge is 0.191 e. The first-order chi connectivity index (χ1) is 10.7. The number of hydrogen-bond donors (Lipinski definition) is 2. The molecule has 0 amide bonds. The molecule has 2 aromatic rings. The Balaban J connectivity index is 1.94. The maximum atomic E-state index is 5.39. The summed E-state index contributed by atoms with van der Waals surface area (Å²) in [4.78, 5) is 5.61. The fraction of sp³-hybridized carbons (Fsp3) is 0.500. The fourth-order valence-corrected chi connectivity index (χ4v) is 3.13. The molecule has 5 nitrogen and oxygen atoms in total. The summed E-state index contributed by atoms with van der Waals surface area (Å²) < 4.78 is 5.39. The van der Waals surface area contributed by atoms with Crippen molar-refractivity contribution in [3.63, 3.8) is 0 Å². The van der Waals surface area contributed by atoms with Gasteiger partial charge in [-0.25, -0.2) is 0 Å². The monoisotopic (exact) mass is 320 g/mol. The molecule has 22 heavy (non-hydrogen) atoms. The van der Waals surface area contributed by atoms with E-state index >= 15 is 0 Å². The molecule has 2 aromatic heterocycles. The molecule has 2 heterocycles. The molecule has 0 bridgehead atoms. The van der Waals surface area contributed by atoms with Gasteiger partial charge in [0.2, 0.25) is 0 Å². The van der Waals surface area contributed by atoms with Crippen molar-refractivity contribution < 1.29 is 4.52 Å². The zero-order valence-electron chi connectivity index (χ0n) is 13.7. The molecule has 0 aromatic carbocycles. The van der Waals surface area contributed by atoms with Crippen LogP contribution >= 0.6 is 11.3 Å². The summed E-state index contributed by atoms with van der Waals surface area (Å²) in [5.41, 5.74) is 3.49. The van der Waals surface area contributed by atoms with Gasteiger partial charge in [-0.1, -0.05) is 19.0 Å². The average molecular weight is 320 g/mol. The molecule has 120 valence electrons. The van der Waals surface area contributed by atoms with Gasteiger partial charge in [0.05, 0.1) is 12.2 Å². The van der Waals surface area contributed by atoms with Gasteiger partial charge in [-0.15, -0.1) is 11.3 Å². The topological polar surface area (TPSA) is 62.5 Å². The number of nitrogens with one attached hydrogen (secondary N) is 2. The maximum absolute atomic E-state index is 5.39. The van der Waals surface area contributed by atoms with Gasteiger partial charge in [-0.2, -0.15) is 0 Å². The third kappa shape index (κ3) is 3.88. The molecule has 0 radical (unpaired) electrons. The van der Waals surface area contributed by atoms with Crippen molar-refractivity contribution in [2.75, 3.05) is 7.05 Å². The van der Waals surface area contributed by atoms with E-state index < -0.39 is 0 Å². The Morgan fingerprint density at radius 2 is 2.05 bits per heavy atom. The van der Waals surface area contributed by atoms with Crippen LogP contribution in [0.15, 0.2) is 21.0 Å². The van der Waals surface area contributed by atoms with Crippen molar-refractivity contribution in [3.05, 3.63) is 38.9 Å². The molecule has 0 fully saturated rings. The van der Waals surface area contributed by atoms with E-state index in [1.165, 1.54) is 10.4 Å². The predicted octanol–water partition coefficient (Wildman–Crippen LogP) is 3.03. The largest absolute Gasteiger partial charge is 0.361 e. The summed E-state index contributed by atoms with van der Waals surface area (Å²) in [6.07, 6.45) is 1.73. The van der Waals surface area contributed by atoms with Gasteiger partial charge >= 0.3 is 0 Å². The molecule has 0 aliphatic heterocycles. The van der Waals surface area contributed by atoms with Crippen LogP contribution in [0.5, 0.6) is 0 Å². The van der Waals surface area contributed by atoms with Crippen LogP contribution in [-0.4, -0.2) is 18.2 Å². The molecule has 0 aliphatic carbocycles. The van der Waals surface area contributed by atoms with Crippen molar-refractivity contribution in [2.45, 2.75) is 46.7 Å². The van der Waals surface area contributed by atoms with E-state index in [1.807, 2.05) is 0 Å². The lowest BCUT2D eigenvalue weighted by Crippen LogP contribution is -2.36. The minimum Gasteiger partial charge on any atom is -0.361 e. The molecule has 0 atom stereocenters. The Morgan fingerprint density at radius 3 is 2.64 bits per heavy atom. The highest BCUT2D eigenvalue weighted by atomic mass is 32.1. The quantitative estimate of drug-likeness (QED) is 0.634. The lowest BCUT2D eigenvalue weighted by Gasteiger charge is -2.12. The molecular formula is C16H24N4OS. The summed E-state index contributed by atoms with van der Waals surface area (Å²) in [5.74, 6) is 1.74. The van der Waals surface area contributed by atoms with Crippen LogP contribution in [0.1, 0.15) is 41.3 Å². The fourth-order valence-electron chi connectivity index (χ4n) is 2.28. The second kappa shape index (κ2) is 7.98. The number of aryl methyl sites for hydroxylation is 3. The molecular weight excluding hydrogens is 296 g/mol. The number of thiophene rings is 1. The van der Waals surface area contributed by atoms with E-state index in [4.69, 9.17) is 4.52 Å². The lowest BCUT2D eigenvalue weighted by molar-refractivity contribution is 0.380. The molecule has 0 aliphatic rings. The summed E-state index contributed by atoms with van der Waals surface area (Å²) in [5, 5.41) is 12.9. The number of rotatable bonds is 6. The van der Waals surface area contributed by atoms with Gasteiger partial charge in [0.15, 0.2) is 5.96 Å². The van der Waals surface area contributed by atoms with Crippen molar-refractivity contribution >= 4 is 17.3 Å². The Hall–Kier alpha value is -1.82. The summed E-state index contributed by atoms with van der Waals surface area (Å²) >= 11 is 1.76. The van der Waals surface area contributed by atoms with Gasteiger partial charge in [0.25, 0.3) is 0 Å². The lowest BCUT2D eigenvalue weighted by atomic mass is 10.1. The Morgan fingerprint density at radius 1 is 1.27 bits per heavy atom. The van der Waals surface area contributed by atoms with Gasteiger partial charge < -0.3 is 15.2 Å². The molecule has 2 N–H and O–H groups in total. The second-order valence-electron chi connectivity index (χ2n) is 5.04. The third-order valence-corrected chi connectivity index (χ3v) is 4.67. The predicted molar refractivity (Wildman–Crippen MR) is 91.4 cm³/mol. The first-order valence-electron chi connectivity index (χ1n) is 7.63. The van der Waals surface area contributed by atoms with Crippen LogP contribution in [0, 0.1) is 6.92 Å². The van der Waals surface area contributed by atoms with Crippen LogP contribution in [0.3, 0.4) is 0 Å². The minimum absolute atomic E-state index is 0.680. The maximum Gasteiger partial charge on any atom is 0.191 e. The molecule has 6 heteroatoms. The van der Waals surface area contributed by atoms with Crippen molar-refractivity contribution in [3.8, 4) is 0 Å². The van der Waals surface area contributed by atoms with Gasteiger partial charge in [-0.05, 0) is 30.4 Å². The number of aliphatic imine (C=N–C) groups is 1. The standard InChI is InChI=1S/C16H24N4OS/c1-5-13-12(14(6-2)21-20-13)9-18-16(17-4)19-10-15-11(3)7-8-22-15/h7-8H,5-6,9-10H2,1-4H3,(H2,17,18,19). The highest BCUT2D eigenvalue weighted by Crippen LogP contribution is 2.16. The number of aromatic nitrogens is 1. The van der Waals surface area contributed by atoms with E-state index in [1.54, 1.807) is 18.4 Å². The van der Waals surface area contributed by atoms with E-state index in [9.17, 15) is 0 Å². The zero-order valence-corrected chi connectivity index (χ0v) is 14.5. The molecule has 2 rings (SSSR count). The van der Waals surface area contributed by atoms with Crippen molar-refractivity contribution in [2.24, 2.45) is 4.99 Å². The molecule has 0 saturated carbocycles. The van der Waals surface area contributed by atoms with Crippen LogP contribution < -0.4 is 10.6 Å². The van der Waals surface area contributed by atoms with Crippen LogP contribution in [0.2, 0.25) is 0 Å². The number of nitrogens with zero attached hydrogens (tertiary/aromatic N) is 2. The number of hydrogen-bond acceptors (Lipinski definition) is 4. The van der Waals surface area contributed by atoms with E-state index in [2.05, 4.69) is 53.0 Å². The third-order valence-electron chi connectivity index (χ3n) is 3.65. The highest BCUT2D eigenvalue weighted by molar-refractivity contribution is 7.10. The van der Waals surface area contributed by atoms with Crippen LogP contribution in [-0.2, 0) is 25.9 Å². The Kier molecular flexibility index (Phi) is 6.00. The van der Waals surface area contributed by atoms with Gasteiger partial charge in [0.1, 0.15) is 5.76 Å². The first-order valence-corrected chi connectivity index (χ1v) is 8.51. The Labute approximate surface area is 135 Å². The van der Waals surface area contributed by atoms with E-state index in [-0.39, 0.29) is 0 Å². The molecule has 0 saturated heterocycles. The normalized spacial score (nSPS) is 11.7. The van der Waals surface area contributed by atoms with Crippen molar-refractivity contribution in [1.82, 2.24) is 15.8 Å². The summed E-state index contributed by atoms with van der Waals surface area (Å²) in [6.45, 7) is 7.76. The van der Waals surface area contributed by atoms with Gasteiger partial charge in [0, 0.05) is 30.5 Å². The number of guanidine groups is 1. The summed E-state index contributed by atoms with van der Waals surface area (Å²) in [6, 6.07) is 2.13. The zero-order chi connectivity index (χ0) is 15.9. The van der Waals surface area contributed by atoms with Crippen LogP contribution in [0.4, 0.5) is 0 Å². The minimum atomic E-state index is 0.680. The second-order valence-corrected chi connectivity index (χ2v) is 6.04. The van der Waals surface area contributed by atoms with Crippen molar-refractivity contribution in [1.29, 1.82) is 0 Å². The first kappa shape index (κ1) is 16.5. The Bertz CT molecular complexity index is 608. The van der Waals surface area contributed by atoms with Gasteiger partial charge in [-0.3, -0.25) is 4.99 Å². The molecule has 0 spiro atoms. The summed E-state index contributed by atoms with van der Waals surface area (Å²) in [7, 11) is 1.78.